The molecule has 0 radical (unpaired) electrons. The van der Waals surface area contributed by atoms with Gasteiger partial charge >= 0.3 is 0 Å². The monoisotopic (exact) mass is 286 g/mol. The molecule has 18 heavy (non-hydrogen) atoms. The molecule has 0 bridgehead atoms. The van der Waals surface area contributed by atoms with Crippen LogP contribution in [0.2, 0.25) is 5.02 Å². The lowest BCUT2D eigenvalue weighted by molar-refractivity contribution is 0.599. The van der Waals surface area contributed by atoms with Crippen molar-refractivity contribution in [3.05, 3.63) is 53.6 Å². The second kappa shape index (κ2) is 4.91. The first-order chi connectivity index (χ1) is 8.49. The summed E-state index contributed by atoms with van der Waals surface area (Å²) in [7, 11) is -3.79. The Balaban J connectivity index is 2.34. The predicted octanol–water partition coefficient (Wildman–Crippen LogP) is 2.67. The van der Waals surface area contributed by atoms with Crippen LogP contribution in [0, 0.1) is 5.82 Å². The maximum Gasteiger partial charge on any atom is 0.261 e. The van der Waals surface area contributed by atoms with Crippen LogP contribution in [-0.4, -0.2) is 13.4 Å². The zero-order valence-corrected chi connectivity index (χ0v) is 10.5. The average Bonchev–Trinajstić information content (AvgIpc) is 2.33. The topological polar surface area (TPSA) is 59.1 Å². The number of benzene rings is 1. The zero-order valence-electron chi connectivity index (χ0n) is 8.97. The fourth-order valence-corrected chi connectivity index (χ4v) is 2.60. The lowest BCUT2D eigenvalue weighted by Gasteiger charge is -2.07. The van der Waals surface area contributed by atoms with Crippen LogP contribution in [-0.2, 0) is 10.0 Å². The quantitative estimate of drug-likeness (QED) is 0.944. The standard InChI is InChI=1S/C11H8ClFN2O2S/c12-10-6-9(3-4-11(10)13)18(16,17)15-8-2-1-5-14-7-8/h1-7,15H. The molecular weight excluding hydrogens is 279 g/mol. The smallest absolute Gasteiger partial charge is 0.261 e. The van der Waals surface area contributed by atoms with Crippen LogP contribution < -0.4 is 4.72 Å². The third-order valence-corrected chi connectivity index (χ3v) is 3.78. The summed E-state index contributed by atoms with van der Waals surface area (Å²) in [5.74, 6) is -0.669. The van der Waals surface area contributed by atoms with Crippen molar-refractivity contribution in [2.75, 3.05) is 4.72 Å². The van der Waals surface area contributed by atoms with Gasteiger partial charge in [0.05, 0.1) is 21.8 Å². The first kappa shape index (κ1) is 12.8. The van der Waals surface area contributed by atoms with Crippen molar-refractivity contribution in [3.8, 4) is 0 Å². The Hall–Kier alpha value is -1.66. The first-order valence-electron chi connectivity index (χ1n) is 4.87. The Bertz CT molecular complexity index is 662. The van der Waals surface area contributed by atoms with Gasteiger partial charge in [0.1, 0.15) is 5.82 Å². The van der Waals surface area contributed by atoms with Crippen molar-refractivity contribution in [1.29, 1.82) is 0 Å². The van der Waals surface area contributed by atoms with Crippen LogP contribution in [0.3, 0.4) is 0 Å². The Morgan fingerprint density at radius 3 is 2.67 bits per heavy atom. The molecule has 1 N–H and O–H groups in total. The van der Waals surface area contributed by atoms with E-state index in [4.69, 9.17) is 11.6 Å². The van der Waals surface area contributed by atoms with E-state index in [0.29, 0.717) is 5.69 Å². The van der Waals surface area contributed by atoms with Gasteiger partial charge in [0.2, 0.25) is 0 Å². The van der Waals surface area contributed by atoms with E-state index in [2.05, 4.69) is 9.71 Å². The highest BCUT2D eigenvalue weighted by Crippen LogP contribution is 2.21. The third-order valence-electron chi connectivity index (χ3n) is 2.12. The van der Waals surface area contributed by atoms with Crippen molar-refractivity contribution in [1.82, 2.24) is 4.98 Å². The Morgan fingerprint density at radius 1 is 1.28 bits per heavy atom. The number of anilines is 1. The van der Waals surface area contributed by atoms with Gasteiger partial charge in [0.25, 0.3) is 10.0 Å². The summed E-state index contributed by atoms with van der Waals surface area (Å²) in [5, 5.41) is -0.246. The number of hydrogen-bond donors (Lipinski definition) is 1. The Kier molecular flexibility index (Phi) is 3.49. The van der Waals surface area contributed by atoms with Gasteiger partial charge in [-0.15, -0.1) is 0 Å². The van der Waals surface area contributed by atoms with Crippen LogP contribution in [0.5, 0.6) is 0 Å². The lowest BCUT2D eigenvalue weighted by Crippen LogP contribution is -2.13. The number of nitrogens with one attached hydrogen (secondary N) is 1. The maximum atomic E-state index is 13.0. The number of sulfonamides is 1. The fourth-order valence-electron chi connectivity index (χ4n) is 1.28. The van der Waals surface area contributed by atoms with Gasteiger partial charge in [0, 0.05) is 6.20 Å². The van der Waals surface area contributed by atoms with Gasteiger partial charge in [-0.2, -0.15) is 0 Å². The molecule has 2 aromatic rings. The van der Waals surface area contributed by atoms with Crippen LogP contribution in [0.1, 0.15) is 0 Å². The van der Waals surface area contributed by atoms with Gasteiger partial charge in [-0.3, -0.25) is 9.71 Å². The molecule has 0 unspecified atom stereocenters. The van der Waals surface area contributed by atoms with Crippen molar-refractivity contribution >= 4 is 27.3 Å². The molecule has 0 fully saturated rings. The molecular formula is C11H8ClFN2O2S. The third kappa shape index (κ3) is 2.77. The number of aromatic nitrogens is 1. The molecule has 0 atom stereocenters. The Morgan fingerprint density at radius 2 is 2.06 bits per heavy atom. The molecule has 4 nitrogen and oxygen atoms in total. The molecule has 7 heteroatoms. The second-order valence-electron chi connectivity index (χ2n) is 3.42. The minimum absolute atomic E-state index is 0.113. The summed E-state index contributed by atoms with van der Waals surface area (Å²) >= 11 is 5.54. The fraction of sp³-hybridized carbons (Fsp3) is 0. The highest BCUT2D eigenvalue weighted by molar-refractivity contribution is 7.92. The van der Waals surface area contributed by atoms with E-state index in [-0.39, 0.29) is 9.92 Å². The summed E-state index contributed by atoms with van der Waals surface area (Å²) < 4.78 is 39.2. The molecule has 0 saturated carbocycles. The number of halogens is 2. The first-order valence-corrected chi connectivity index (χ1v) is 6.73. The van der Waals surface area contributed by atoms with Gasteiger partial charge in [-0.1, -0.05) is 11.6 Å². The highest BCUT2D eigenvalue weighted by Gasteiger charge is 2.15. The molecule has 1 aromatic heterocycles. The predicted molar refractivity (Wildman–Crippen MR) is 66.5 cm³/mol. The number of hydrogen-bond acceptors (Lipinski definition) is 3. The number of pyridine rings is 1. The van der Waals surface area contributed by atoms with E-state index in [9.17, 15) is 12.8 Å². The number of nitrogens with zero attached hydrogens (tertiary/aromatic N) is 1. The van der Waals surface area contributed by atoms with Gasteiger partial charge in [0.15, 0.2) is 0 Å². The molecule has 0 saturated heterocycles. The van der Waals surface area contributed by atoms with Crippen molar-refractivity contribution in [3.63, 3.8) is 0 Å². The van der Waals surface area contributed by atoms with Crippen molar-refractivity contribution in [2.45, 2.75) is 4.90 Å². The number of rotatable bonds is 3. The van der Waals surface area contributed by atoms with E-state index in [1.807, 2.05) is 0 Å². The molecule has 0 aliphatic rings. The van der Waals surface area contributed by atoms with Gasteiger partial charge < -0.3 is 0 Å². The molecule has 0 spiro atoms. The molecule has 94 valence electrons. The van der Waals surface area contributed by atoms with Crippen LogP contribution in [0.25, 0.3) is 0 Å². The minimum Gasteiger partial charge on any atom is -0.278 e. The largest absolute Gasteiger partial charge is 0.278 e. The summed E-state index contributed by atoms with van der Waals surface area (Å²) in [5.41, 5.74) is 0.318. The highest BCUT2D eigenvalue weighted by atomic mass is 35.5. The van der Waals surface area contributed by atoms with E-state index in [1.165, 1.54) is 12.4 Å². The summed E-state index contributed by atoms with van der Waals surface area (Å²) in [4.78, 5) is 3.67. The van der Waals surface area contributed by atoms with Crippen molar-refractivity contribution in [2.24, 2.45) is 0 Å². The molecule has 0 aliphatic heterocycles. The molecule has 2 rings (SSSR count). The van der Waals surface area contributed by atoms with Gasteiger partial charge in [-0.05, 0) is 30.3 Å². The molecule has 1 aromatic carbocycles. The average molecular weight is 287 g/mol. The van der Waals surface area contributed by atoms with Crippen LogP contribution in [0.15, 0.2) is 47.6 Å². The van der Waals surface area contributed by atoms with E-state index in [0.717, 1.165) is 18.2 Å². The molecule has 0 aliphatic carbocycles. The Labute approximate surface area is 108 Å². The van der Waals surface area contributed by atoms with Crippen LogP contribution in [0.4, 0.5) is 10.1 Å². The minimum atomic E-state index is -3.79. The summed E-state index contributed by atoms with van der Waals surface area (Å²) in [6.07, 6.45) is 2.88. The zero-order chi connectivity index (χ0) is 13.2. The van der Waals surface area contributed by atoms with E-state index < -0.39 is 15.8 Å². The summed E-state index contributed by atoms with van der Waals surface area (Å²) in [6.45, 7) is 0. The molecule has 1 heterocycles. The van der Waals surface area contributed by atoms with Crippen LogP contribution >= 0.6 is 11.6 Å². The lowest BCUT2D eigenvalue weighted by atomic mass is 10.3. The van der Waals surface area contributed by atoms with E-state index >= 15 is 0 Å². The summed E-state index contributed by atoms with van der Waals surface area (Å²) in [6, 6.07) is 6.33. The van der Waals surface area contributed by atoms with Crippen molar-refractivity contribution < 1.29 is 12.8 Å². The maximum absolute atomic E-state index is 13.0. The van der Waals surface area contributed by atoms with E-state index in [1.54, 1.807) is 12.1 Å². The normalized spacial score (nSPS) is 11.2. The van der Waals surface area contributed by atoms with Gasteiger partial charge in [-0.25, -0.2) is 12.8 Å². The SMILES string of the molecule is O=S(=O)(Nc1cccnc1)c1ccc(F)c(Cl)c1. The second-order valence-corrected chi connectivity index (χ2v) is 5.51. The molecule has 0 amide bonds.